The van der Waals surface area contributed by atoms with Gasteiger partial charge in [-0.15, -0.1) is 0 Å². The molecule has 0 radical (unpaired) electrons. The van der Waals surface area contributed by atoms with Crippen LogP contribution in [-0.4, -0.2) is 24.0 Å². The minimum atomic E-state index is -0.199. The zero-order valence-corrected chi connectivity index (χ0v) is 15.6. The van der Waals surface area contributed by atoms with Gasteiger partial charge in [0.2, 0.25) is 0 Å². The molecule has 0 fully saturated rings. The van der Waals surface area contributed by atoms with Gasteiger partial charge in [0.15, 0.2) is 6.61 Å². The molecule has 0 bridgehead atoms. The molecule has 0 saturated heterocycles. The molecule has 1 aliphatic rings. The van der Waals surface area contributed by atoms with Crippen LogP contribution in [0.4, 0.5) is 0 Å². The molecule has 1 heterocycles. The maximum atomic E-state index is 13.0. The van der Waals surface area contributed by atoms with Crippen molar-refractivity contribution in [2.75, 3.05) is 13.2 Å². The Morgan fingerprint density at radius 1 is 0.926 bits per heavy atom. The minimum Gasteiger partial charge on any atom is -0.484 e. The number of hydrogen-bond acceptors (Lipinski definition) is 2. The van der Waals surface area contributed by atoms with Crippen molar-refractivity contribution in [1.29, 1.82) is 0 Å². The van der Waals surface area contributed by atoms with Gasteiger partial charge < -0.3 is 9.64 Å². The van der Waals surface area contributed by atoms with Crippen LogP contribution in [0.15, 0.2) is 78.9 Å². The second kappa shape index (κ2) is 7.85. The molecule has 1 atom stereocenters. The summed E-state index contributed by atoms with van der Waals surface area (Å²) in [5.74, 6) is 0.649. The molecule has 0 saturated carbocycles. The van der Waals surface area contributed by atoms with Gasteiger partial charge in [-0.1, -0.05) is 72.3 Å². The summed E-state index contributed by atoms with van der Waals surface area (Å²) in [6.45, 7) is 0.650. The number of carbonyl (C=O) groups excluding carboxylic acids is 1. The largest absolute Gasteiger partial charge is 0.484 e. The molecule has 1 aliphatic heterocycles. The first-order chi connectivity index (χ1) is 13.2. The number of amides is 1. The highest BCUT2D eigenvalue weighted by Gasteiger charge is 2.33. The zero-order valence-electron chi connectivity index (χ0n) is 14.8. The average Bonchev–Trinajstić information content (AvgIpc) is 2.72. The number of hydrogen-bond donors (Lipinski definition) is 0. The van der Waals surface area contributed by atoms with Crippen LogP contribution in [0.3, 0.4) is 0 Å². The van der Waals surface area contributed by atoms with Crippen LogP contribution in [-0.2, 0) is 11.2 Å². The van der Waals surface area contributed by atoms with E-state index in [1.165, 1.54) is 5.56 Å². The lowest BCUT2D eigenvalue weighted by Gasteiger charge is -2.38. The van der Waals surface area contributed by atoms with E-state index in [2.05, 4.69) is 12.1 Å². The van der Waals surface area contributed by atoms with Crippen LogP contribution in [0, 0.1) is 0 Å². The summed E-state index contributed by atoms with van der Waals surface area (Å²) in [6.07, 6.45) is 0.828. The maximum absolute atomic E-state index is 13.0. The molecular weight excluding hydrogens is 358 g/mol. The van der Waals surface area contributed by atoms with Crippen molar-refractivity contribution in [3.63, 3.8) is 0 Å². The Labute approximate surface area is 164 Å². The van der Waals surface area contributed by atoms with E-state index in [1.807, 2.05) is 71.6 Å². The van der Waals surface area contributed by atoms with Crippen LogP contribution in [0.5, 0.6) is 5.75 Å². The number of fused-ring (bicyclic) bond motifs is 1. The summed E-state index contributed by atoms with van der Waals surface area (Å²) >= 11 is 6.50. The van der Waals surface area contributed by atoms with E-state index in [9.17, 15) is 4.79 Å². The van der Waals surface area contributed by atoms with Crippen molar-refractivity contribution in [2.45, 2.75) is 12.5 Å². The molecule has 3 aromatic rings. The Bertz CT molecular complexity index is 942. The molecule has 3 nitrogen and oxygen atoms in total. The summed E-state index contributed by atoms with van der Waals surface area (Å²) in [6, 6.07) is 25.2. The third-order valence-electron chi connectivity index (χ3n) is 4.91. The summed E-state index contributed by atoms with van der Waals surface area (Å²) < 4.78 is 5.70. The number of carbonyl (C=O) groups is 1. The van der Waals surface area contributed by atoms with E-state index in [4.69, 9.17) is 16.3 Å². The Balaban J connectivity index is 1.64. The van der Waals surface area contributed by atoms with E-state index in [0.717, 1.165) is 17.5 Å². The van der Waals surface area contributed by atoms with Gasteiger partial charge in [-0.25, -0.2) is 0 Å². The Morgan fingerprint density at radius 3 is 2.37 bits per heavy atom. The van der Waals surface area contributed by atoms with Crippen LogP contribution in [0.1, 0.15) is 22.7 Å². The highest BCUT2D eigenvalue weighted by atomic mass is 35.5. The van der Waals surface area contributed by atoms with Crippen LogP contribution < -0.4 is 4.74 Å². The second-order valence-electron chi connectivity index (χ2n) is 6.56. The first-order valence-corrected chi connectivity index (χ1v) is 9.41. The lowest BCUT2D eigenvalue weighted by Crippen LogP contribution is -2.43. The Hall–Kier alpha value is -2.78. The third kappa shape index (κ3) is 3.69. The quantitative estimate of drug-likeness (QED) is 0.647. The van der Waals surface area contributed by atoms with Gasteiger partial charge in [0, 0.05) is 11.6 Å². The normalized spacial score (nSPS) is 15.9. The van der Waals surface area contributed by atoms with E-state index in [0.29, 0.717) is 17.3 Å². The SMILES string of the molecule is O=C(COc1ccccc1)N1CCc2ccccc2[C@@H]1c1ccccc1Cl. The molecule has 3 aromatic carbocycles. The lowest BCUT2D eigenvalue weighted by atomic mass is 9.88. The number of para-hydroxylation sites is 1. The van der Waals surface area contributed by atoms with Gasteiger partial charge in [-0.2, -0.15) is 0 Å². The molecule has 0 aromatic heterocycles. The third-order valence-corrected chi connectivity index (χ3v) is 5.25. The van der Waals surface area contributed by atoms with Crippen molar-refractivity contribution in [3.8, 4) is 5.75 Å². The standard InChI is InChI=1S/C23H20ClNO2/c24-21-13-7-6-12-20(21)23-19-11-5-4-8-17(19)14-15-25(23)22(26)16-27-18-9-2-1-3-10-18/h1-13,23H,14-16H2/t23-/m1/s1. The number of rotatable bonds is 4. The highest BCUT2D eigenvalue weighted by molar-refractivity contribution is 6.31. The van der Waals surface area contributed by atoms with Crippen LogP contribution >= 0.6 is 11.6 Å². The summed E-state index contributed by atoms with van der Waals surface area (Å²) in [5, 5.41) is 0.668. The first kappa shape index (κ1) is 17.6. The molecular formula is C23H20ClNO2. The van der Waals surface area contributed by atoms with Gasteiger partial charge in [0.05, 0.1) is 6.04 Å². The molecule has 0 unspecified atom stereocenters. The van der Waals surface area contributed by atoms with E-state index in [-0.39, 0.29) is 18.6 Å². The van der Waals surface area contributed by atoms with Crippen molar-refractivity contribution in [2.24, 2.45) is 0 Å². The Morgan fingerprint density at radius 2 is 1.59 bits per heavy atom. The molecule has 4 rings (SSSR count). The monoisotopic (exact) mass is 377 g/mol. The van der Waals surface area contributed by atoms with Gasteiger partial charge in [0.1, 0.15) is 5.75 Å². The van der Waals surface area contributed by atoms with Crippen molar-refractivity contribution < 1.29 is 9.53 Å². The molecule has 0 aliphatic carbocycles. The van der Waals surface area contributed by atoms with Crippen molar-refractivity contribution in [3.05, 3.63) is 101 Å². The molecule has 27 heavy (non-hydrogen) atoms. The van der Waals surface area contributed by atoms with Crippen LogP contribution in [0.25, 0.3) is 0 Å². The average molecular weight is 378 g/mol. The zero-order chi connectivity index (χ0) is 18.6. The lowest BCUT2D eigenvalue weighted by molar-refractivity contribution is -0.135. The van der Waals surface area contributed by atoms with Gasteiger partial charge in [0.25, 0.3) is 5.91 Å². The van der Waals surface area contributed by atoms with Crippen molar-refractivity contribution >= 4 is 17.5 Å². The fourth-order valence-electron chi connectivity index (χ4n) is 3.61. The summed E-state index contributed by atoms with van der Waals surface area (Å²) in [4.78, 5) is 14.9. The van der Waals surface area contributed by atoms with Gasteiger partial charge in [-0.05, 0) is 41.3 Å². The van der Waals surface area contributed by atoms with E-state index in [1.54, 1.807) is 0 Å². The number of halogens is 1. The fourth-order valence-corrected chi connectivity index (χ4v) is 3.85. The maximum Gasteiger partial charge on any atom is 0.261 e. The predicted octanol–water partition coefficient (Wildman–Crippen LogP) is 4.89. The number of ether oxygens (including phenoxy) is 1. The van der Waals surface area contributed by atoms with Crippen LogP contribution in [0.2, 0.25) is 5.02 Å². The highest BCUT2D eigenvalue weighted by Crippen LogP contribution is 2.38. The second-order valence-corrected chi connectivity index (χ2v) is 6.97. The summed E-state index contributed by atoms with van der Waals surface area (Å²) in [7, 11) is 0. The Kier molecular flexibility index (Phi) is 5.12. The molecule has 4 heteroatoms. The molecule has 0 N–H and O–H groups in total. The first-order valence-electron chi connectivity index (χ1n) is 9.03. The van der Waals surface area contributed by atoms with E-state index < -0.39 is 0 Å². The summed E-state index contributed by atoms with van der Waals surface area (Å²) in [5.41, 5.74) is 3.33. The van der Waals surface area contributed by atoms with Gasteiger partial charge in [-0.3, -0.25) is 4.79 Å². The van der Waals surface area contributed by atoms with Gasteiger partial charge >= 0.3 is 0 Å². The predicted molar refractivity (Wildman–Crippen MR) is 107 cm³/mol. The smallest absolute Gasteiger partial charge is 0.261 e. The number of benzene rings is 3. The van der Waals surface area contributed by atoms with E-state index >= 15 is 0 Å². The topological polar surface area (TPSA) is 29.5 Å². The van der Waals surface area contributed by atoms with Crippen molar-refractivity contribution in [1.82, 2.24) is 4.90 Å². The molecule has 136 valence electrons. The molecule has 0 spiro atoms. The molecule has 1 amide bonds. The minimum absolute atomic E-state index is 0.00708. The number of nitrogens with zero attached hydrogens (tertiary/aromatic N) is 1. The fraction of sp³-hybridized carbons (Fsp3) is 0.174.